The molecule has 1 rings (SSSR count). The van der Waals surface area contributed by atoms with Crippen molar-refractivity contribution in [3.63, 3.8) is 0 Å². The van der Waals surface area contributed by atoms with Crippen molar-refractivity contribution < 1.29 is 4.79 Å². The van der Waals surface area contributed by atoms with Crippen LogP contribution in [0.25, 0.3) is 0 Å². The first kappa shape index (κ1) is 8.13. The third kappa shape index (κ3) is 2.27. The molecular formula is C9H12NO. The molecular weight excluding hydrogens is 138 g/mol. The first-order chi connectivity index (χ1) is 5.34. The number of piperidine rings is 1. The van der Waals surface area contributed by atoms with Gasteiger partial charge in [0.2, 0.25) is 5.91 Å². The summed E-state index contributed by atoms with van der Waals surface area (Å²) in [7, 11) is 0. The van der Waals surface area contributed by atoms with Crippen LogP contribution in [0.3, 0.4) is 0 Å². The van der Waals surface area contributed by atoms with Crippen LogP contribution in [0, 0.1) is 12.3 Å². The Hall–Kier alpha value is -0.970. The van der Waals surface area contributed by atoms with E-state index >= 15 is 0 Å². The van der Waals surface area contributed by atoms with Crippen molar-refractivity contribution in [2.75, 3.05) is 13.1 Å². The van der Waals surface area contributed by atoms with E-state index in [1.165, 1.54) is 6.42 Å². The number of rotatable bonds is 1. The number of carbonyl (C=O) groups is 1. The first-order valence-electron chi connectivity index (χ1n) is 4.02. The molecule has 0 saturated carbocycles. The summed E-state index contributed by atoms with van der Waals surface area (Å²) in [6.45, 7) is 1.75. The Bertz CT molecular complexity index is 174. The van der Waals surface area contributed by atoms with Gasteiger partial charge in [-0.25, -0.2) is 0 Å². The monoisotopic (exact) mass is 150 g/mol. The van der Waals surface area contributed by atoms with Gasteiger partial charge in [-0.15, -0.1) is 0 Å². The van der Waals surface area contributed by atoms with Crippen LogP contribution in [0.2, 0.25) is 0 Å². The molecule has 1 heterocycles. The second-order valence-electron chi connectivity index (χ2n) is 2.80. The van der Waals surface area contributed by atoms with Crippen LogP contribution in [0.4, 0.5) is 0 Å². The van der Waals surface area contributed by atoms with Crippen molar-refractivity contribution >= 4 is 5.91 Å². The lowest BCUT2D eigenvalue weighted by Crippen LogP contribution is -2.35. The number of hydrogen-bond acceptors (Lipinski definition) is 1. The van der Waals surface area contributed by atoms with Crippen molar-refractivity contribution in [1.82, 2.24) is 4.90 Å². The molecule has 0 aromatic carbocycles. The minimum atomic E-state index is 0.0553. The summed E-state index contributed by atoms with van der Waals surface area (Å²) in [4.78, 5) is 13.0. The van der Waals surface area contributed by atoms with E-state index in [4.69, 9.17) is 6.42 Å². The maximum Gasteiger partial charge on any atom is 0.234 e. The van der Waals surface area contributed by atoms with Gasteiger partial charge in [-0.3, -0.25) is 4.79 Å². The molecule has 0 aromatic rings. The summed E-state index contributed by atoms with van der Waals surface area (Å²) in [6.07, 6.45) is 10.3. The summed E-state index contributed by atoms with van der Waals surface area (Å²) >= 11 is 0. The van der Waals surface area contributed by atoms with Gasteiger partial charge >= 0.3 is 0 Å². The predicted molar refractivity (Wildman–Crippen MR) is 42.2 cm³/mol. The largest absolute Gasteiger partial charge is 0.342 e. The molecule has 2 heteroatoms. The van der Waals surface area contributed by atoms with E-state index in [2.05, 4.69) is 5.92 Å². The van der Waals surface area contributed by atoms with Crippen LogP contribution in [-0.4, -0.2) is 23.9 Å². The molecule has 59 valence electrons. The standard InChI is InChI=1S/C9H12NO/c1-2-6-9(11)10-7-4-3-5-8-10/h3-8H2. The molecule has 0 unspecified atom stereocenters. The van der Waals surface area contributed by atoms with Gasteiger partial charge in [-0.2, -0.15) is 0 Å². The van der Waals surface area contributed by atoms with Gasteiger partial charge in [0.1, 0.15) is 0 Å². The van der Waals surface area contributed by atoms with E-state index in [0.717, 1.165) is 25.9 Å². The molecule has 0 bridgehead atoms. The van der Waals surface area contributed by atoms with Gasteiger partial charge in [0, 0.05) is 13.1 Å². The smallest absolute Gasteiger partial charge is 0.234 e. The Morgan fingerprint density at radius 2 is 2.00 bits per heavy atom. The molecule has 1 aliphatic rings. The van der Waals surface area contributed by atoms with Crippen LogP contribution in [-0.2, 0) is 4.79 Å². The zero-order chi connectivity index (χ0) is 8.10. The van der Waals surface area contributed by atoms with Crippen LogP contribution < -0.4 is 0 Å². The maximum absolute atomic E-state index is 11.1. The number of hydrogen-bond donors (Lipinski definition) is 0. The average molecular weight is 150 g/mol. The van der Waals surface area contributed by atoms with Gasteiger partial charge in [0.25, 0.3) is 0 Å². The molecule has 1 aliphatic heterocycles. The summed E-state index contributed by atoms with van der Waals surface area (Å²) in [5.74, 6) is 2.18. The normalized spacial score (nSPS) is 17.5. The highest BCUT2D eigenvalue weighted by atomic mass is 16.2. The first-order valence-corrected chi connectivity index (χ1v) is 4.02. The van der Waals surface area contributed by atoms with E-state index in [-0.39, 0.29) is 12.3 Å². The quantitative estimate of drug-likeness (QED) is 0.510. The molecule has 1 saturated heterocycles. The van der Waals surface area contributed by atoms with Crippen molar-refractivity contribution in [3.05, 3.63) is 6.42 Å². The summed E-state index contributed by atoms with van der Waals surface area (Å²) in [5.41, 5.74) is 0. The van der Waals surface area contributed by atoms with E-state index in [1.807, 2.05) is 4.90 Å². The fraction of sp³-hybridized carbons (Fsp3) is 0.667. The van der Waals surface area contributed by atoms with Gasteiger partial charge in [-0.1, -0.05) is 5.92 Å². The van der Waals surface area contributed by atoms with E-state index in [0.29, 0.717) is 0 Å². The Kier molecular flexibility index (Phi) is 2.97. The minimum absolute atomic E-state index is 0.0553. The molecule has 1 fully saturated rings. The fourth-order valence-corrected chi connectivity index (χ4v) is 1.33. The molecule has 11 heavy (non-hydrogen) atoms. The zero-order valence-electron chi connectivity index (χ0n) is 6.60. The highest BCUT2D eigenvalue weighted by Gasteiger charge is 2.14. The van der Waals surface area contributed by atoms with Crippen LogP contribution in [0.1, 0.15) is 25.7 Å². The maximum atomic E-state index is 11.1. The molecule has 1 amide bonds. The Labute approximate surface area is 67.6 Å². The molecule has 0 atom stereocenters. The van der Waals surface area contributed by atoms with Crippen LogP contribution >= 0.6 is 0 Å². The summed E-state index contributed by atoms with van der Waals surface area (Å²) in [5, 5.41) is 0. The van der Waals surface area contributed by atoms with Gasteiger partial charge in [0.05, 0.1) is 6.42 Å². The lowest BCUT2D eigenvalue weighted by atomic mass is 10.1. The molecule has 1 radical (unpaired) electrons. The second kappa shape index (κ2) is 4.02. The van der Waals surface area contributed by atoms with Crippen molar-refractivity contribution in [2.24, 2.45) is 0 Å². The Morgan fingerprint density at radius 3 is 2.55 bits per heavy atom. The number of likely N-dealkylation sites (tertiary alicyclic amines) is 1. The molecule has 2 nitrogen and oxygen atoms in total. The van der Waals surface area contributed by atoms with Gasteiger partial charge in [-0.05, 0) is 25.7 Å². The average Bonchev–Trinajstić information content (AvgIpc) is 2.07. The lowest BCUT2D eigenvalue weighted by molar-refractivity contribution is -0.130. The number of amides is 1. The molecule has 0 aliphatic carbocycles. The lowest BCUT2D eigenvalue weighted by Gasteiger charge is -2.25. The van der Waals surface area contributed by atoms with Crippen LogP contribution in [0.15, 0.2) is 0 Å². The molecule has 0 aromatic heterocycles. The third-order valence-corrected chi connectivity index (χ3v) is 1.95. The van der Waals surface area contributed by atoms with Crippen molar-refractivity contribution in [3.8, 4) is 5.92 Å². The van der Waals surface area contributed by atoms with Gasteiger partial charge in [0.15, 0.2) is 0 Å². The minimum Gasteiger partial charge on any atom is -0.342 e. The predicted octanol–water partition coefficient (Wildman–Crippen LogP) is 0.979. The third-order valence-electron chi connectivity index (χ3n) is 1.95. The van der Waals surface area contributed by atoms with Gasteiger partial charge < -0.3 is 4.90 Å². The fourth-order valence-electron chi connectivity index (χ4n) is 1.33. The Morgan fingerprint density at radius 1 is 1.36 bits per heavy atom. The van der Waals surface area contributed by atoms with E-state index in [1.54, 1.807) is 0 Å². The number of nitrogens with zero attached hydrogens (tertiary/aromatic N) is 1. The highest BCUT2D eigenvalue weighted by molar-refractivity contribution is 5.78. The number of carbonyl (C=O) groups excluding carboxylic acids is 1. The van der Waals surface area contributed by atoms with Crippen molar-refractivity contribution in [1.29, 1.82) is 0 Å². The SMILES string of the molecule is [C]#CCC(=O)N1CCCCC1. The summed E-state index contributed by atoms with van der Waals surface area (Å²) in [6, 6.07) is 0. The van der Waals surface area contributed by atoms with E-state index < -0.39 is 0 Å². The van der Waals surface area contributed by atoms with E-state index in [9.17, 15) is 4.79 Å². The molecule has 0 spiro atoms. The zero-order valence-corrected chi connectivity index (χ0v) is 6.60. The van der Waals surface area contributed by atoms with Crippen molar-refractivity contribution in [2.45, 2.75) is 25.7 Å². The summed E-state index contributed by atoms with van der Waals surface area (Å²) < 4.78 is 0. The highest BCUT2D eigenvalue weighted by Crippen LogP contribution is 2.09. The second-order valence-corrected chi connectivity index (χ2v) is 2.80. The topological polar surface area (TPSA) is 20.3 Å². The molecule has 0 N–H and O–H groups in total. The Balaban J connectivity index is 2.34. The van der Waals surface area contributed by atoms with Crippen LogP contribution in [0.5, 0.6) is 0 Å².